The maximum atomic E-state index is 10.7. The predicted molar refractivity (Wildman–Crippen MR) is 78.3 cm³/mol. The molecule has 1 atom stereocenters. The number of amides is 1. The molecule has 0 saturated carbocycles. The van der Waals surface area contributed by atoms with Crippen LogP contribution in [-0.2, 0) is 4.79 Å². The van der Waals surface area contributed by atoms with Crippen LogP contribution in [0, 0.1) is 5.92 Å². The van der Waals surface area contributed by atoms with E-state index in [1.165, 1.54) is 0 Å². The summed E-state index contributed by atoms with van der Waals surface area (Å²) in [5.41, 5.74) is 6.05. The molecule has 0 fully saturated rings. The second-order valence-corrected chi connectivity index (χ2v) is 5.24. The molecule has 0 bridgehead atoms. The first kappa shape index (κ1) is 15.3. The zero-order valence-corrected chi connectivity index (χ0v) is 12.0. The van der Waals surface area contributed by atoms with Crippen LogP contribution in [0.1, 0.15) is 33.6 Å². The van der Waals surface area contributed by atoms with Gasteiger partial charge in [-0.3, -0.25) is 4.79 Å². The molecular formula is C15H24N2O2. The summed E-state index contributed by atoms with van der Waals surface area (Å²) in [4.78, 5) is 10.7. The van der Waals surface area contributed by atoms with Gasteiger partial charge in [0.05, 0.1) is 18.7 Å². The van der Waals surface area contributed by atoms with Crippen LogP contribution in [0.4, 0.5) is 5.69 Å². The molecule has 4 heteroatoms. The van der Waals surface area contributed by atoms with Crippen LogP contribution in [0.3, 0.4) is 0 Å². The van der Waals surface area contributed by atoms with Crippen molar-refractivity contribution in [3.8, 4) is 5.75 Å². The van der Waals surface area contributed by atoms with Gasteiger partial charge in [0, 0.05) is 6.04 Å². The van der Waals surface area contributed by atoms with Crippen molar-refractivity contribution < 1.29 is 9.53 Å². The molecule has 19 heavy (non-hydrogen) atoms. The van der Waals surface area contributed by atoms with Crippen molar-refractivity contribution in [3.05, 3.63) is 24.3 Å². The zero-order chi connectivity index (χ0) is 14.3. The number of rotatable bonds is 8. The summed E-state index contributed by atoms with van der Waals surface area (Å²) in [5.74, 6) is 1.06. The molecule has 1 rings (SSSR count). The molecule has 0 aromatic heterocycles. The van der Waals surface area contributed by atoms with Crippen LogP contribution in [0.2, 0.25) is 0 Å². The van der Waals surface area contributed by atoms with E-state index in [1.807, 2.05) is 24.3 Å². The molecule has 0 spiro atoms. The molecule has 1 unspecified atom stereocenters. The molecular weight excluding hydrogens is 240 g/mol. The maximum absolute atomic E-state index is 10.7. The third-order valence-electron chi connectivity index (χ3n) is 2.72. The summed E-state index contributed by atoms with van der Waals surface area (Å²) in [7, 11) is 0. The van der Waals surface area contributed by atoms with Gasteiger partial charge < -0.3 is 15.8 Å². The lowest BCUT2D eigenvalue weighted by molar-refractivity contribution is -0.118. The zero-order valence-electron chi connectivity index (χ0n) is 12.0. The lowest BCUT2D eigenvalue weighted by Gasteiger charge is -2.19. The van der Waals surface area contributed by atoms with Crippen LogP contribution >= 0.6 is 0 Å². The lowest BCUT2D eigenvalue weighted by Crippen LogP contribution is -2.19. The molecule has 3 N–H and O–H groups in total. The lowest BCUT2D eigenvalue weighted by atomic mass is 10.1. The van der Waals surface area contributed by atoms with Crippen molar-refractivity contribution in [3.63, 3.8) is 0 Å². The minimum Gasteiger partial charge on any atom is -0.491 e. The number of hydrogen-bond donors (Lipinski definition) is 2. The number of anilines is 1. The summed E-state index contributed by atoms with van der Waals surface area (Å²) < 4.78 is 5.59. The van der Waals surface area contributed by atoms with Crippen molar-refractivity contribution in [1.29, 1.82) is 0 Å². The Bertz CT molecular complexity index is 405. The number of para-hydroxylation sites is 2. The highest BCUT2D eigenvalue weighted by molar-refractivity contribution is 5.73. The third kappa shape index (κ3) is 6.13. The number of benzene rings is 1. The molecule has 0 aliphatic rings. The Morgan fingerprint density at radius 2 is 2.00 bits per heavy atom. The Labute approximate surface area is 115 Å². The average molecular weight is 264 g/mol. The van der Waals surface area contributed by atoms with Crippen LogP contribution in [-0.4, -0.2) is 18.6 Å². The summed E-state index contributed by atoms with van der Waals surface area (Å²) in [5, 5.41) is 3.44. The van der Waals surface area contributed by atoms with Crippen molar-refractivity contribution in [2.75, 3.05) is 11.9 Å². The van der Waals surface area contributed by atoms with Gasteiger partial charge in [-0.25, -0.2) is 0 Å². The van der Waals surface area contributed by atoms with Crippen molar-refractivity contribution in [2.24, 2.45) is 11.7 Å². The fourth-order valence-corrected chi connectivity index (χ4v) is 2.00. The van der Waals surface area contributed by atoms with Crippen molar-refractivity contribution in [1.82, 2.24) is 0 Å². The maximum Gasteiger partial charge on any atom is 0.220 e. The summed E-state index contributed by atoms with van der Waals surface area (Å²) in [6.07, 6.45) is 1.32. The summed E-state index contributed by atoms with van der Waals surface area (Å²) in [6.45, 7) is 6.87. The smallest absolute Gasteiger partial charge is 0.220 e. The van der Waals surface area contributed by atoms with Crippen LogP contribution < -0.4 is 15.8 Å². The Morgan fingerprint density at radius 1 is 1.32 bits per heavy atom. The molecule has 1 aromatic carbocycles. The second kappa shape index (κ2) is 7.67. The van der Waals surface area contributed by atoms with E-state index in [0.29, 0.717) is 18.6 Å². The quantitative estimate of drug-likeness (QED) is 0.759. The van der Waals surface area contributed by atoms with Gasteiger partial charge in [-0.2, -0.15) is 0 Å². The minimum atomic E-state index is -0.349. The van der Waals surface area contributed by atoms with E-state index >= 15 is 0 Å². The predicted octanol–water partition coefficient (Wildman–Crippen LogP) is 2.79. The summed E-state index contributed by atoms with van der Waals surface area (Å²) in [6, 6.07) is 8.13. The van der Waals surface area contributed by atoms with E-state index in [1.54, 1.807) is 0 Å². The van der Waals surface area contributed by atoms with Gasteiger partial charge in [0.25, 0.3) is 0 Å². The molecule has 0 aliphatic heterocycles. The first-order valence-electron chi connectivity index (χ1n) is 6.75. The van der Waals surface area contributed by atoms with E-state index in [0.717, 1.165) is 17.9 Å². The summed E-state index contributed by atoms with van der Waals surface area (Å²) >= 11 is 0. The number of nitrogens with one attached hydrogen (secondary N) is 1. The van der Waals surface area contributed by atoms with Gasteiger partial charge in [-0.05, 0) is 31.4 Å². The Hall–Kier alpha value is -1.71. The monoisotopic (exact) mass is 264 g/mol. The number of ether oxygens (including phenoxy) is 1. The van der Waals surface area contributed by atoms with Crippen LogP contribution in [0.5, 0.6) is 5.75 Å². The molecule has 0 aliphatic carbocycles. The van der Waals surface area contributed by atoms with Gasteiger partial charge in [-0.1, -0.05) is 26.0 Å². The highest BCUT2D eigenvalue weighted by atomic mass is 16.5. The molecule has 4 nitrogen and oxygen atoms in total. The first-order chi connectivity index (χ1) is 8.99. The van der Waals surface area contributed by atoms with Crippen molar-refractivity contribution in [2.45, 2.75) is 39.7 Å². The van der Waals surface area contributed by atoms with Gasteiger partial charge in [0.1, 0.15) is 5.75 Å². The standard InChI is InChI=1S/C15H24N2O2/c1-11(2)10-12(3)17-13-6-4-5-7-14(13)19-9-8-15(16)18/h4-7,11-12,17H,8-10H2,1-3H3,(H2,16,18). The van der Waals surface area contributed by atoms with Crippen LogP contribution in [0.25, 0.3) is 0 Å². The van der Waals surface area contributed by atoms with Gasteiger partial charge in [-0.15, -0.1) is 0 Å². The molecule has 1 aromatic rings. The van der Waals surface area contributed by atoms with Gasteiger partial charge in [0.15, 0.2) is 0 Å². The van der Waals surface area contributed by atoms with E-state index in [9.17, 15) is 4.79 Å². The normalized spacial score (nSPS) is 12.2. The van der Waals surface area contributed by atoms with E-state index < -0.39 is 0 Å². The fourth-order valence-electron chi connectivity index (χ4n) is 2.00. The Morgan fingerprint density at radius 3 is 2.63 bits per heavy atom. The number of nitrogens with two attached hydrogens (primary N) is 1. The van der Waals surface area contributed by atoms with Gasteiger partial charge in [0.2, 0.25) is 5.91 Å². The Balaban J connectivity index is 2.59. The number of carbonyl (C=O) groups is 1. The van der Waals surface area contributed by atoms with E-state index in [-0.39, 0.29) is 12.3 Å². The van der Waals surface area contributed by atoms with E-state index in [2.05, 4.69) is 26.1 Å². The largest absolute Gasteiger partial charge is 0.491 e. The molecule has 0 saturated heterocycles. The number of hydrogen-bond acceptors (Lipinski definition) is 3. The molecule has 0 heterocycles. The SMILES string of the molecule is CC(C)CC(C)Nc1ccccc1OCCC(N)=O. The minimum absolute atomic E-state index is 0.232. The van der Waals surface area contributed by atoms with Crippen molar-refractivity contribution >= 4 is 11.6 Å². The molecule has 0 radical (unpaired) electrons. The van der Waals surface area contributed by atoms with Gasteiger partial charge >= 0.3 is 0 Å². The Kier molecular flexibility index (Phi) is 6.19. The van der Waals surface area contributed by atoms with E-state index in [4.69, 9.17) is 10.5 Å². The highest BCUT2D eigenvalue weighted by Crippen LogP contribution is 2.25. The van der Waals surface area contributed by atoms with Crippen LogP contribution in [0.15, 0.2) is 24.3 Å². The molecule has 1 amide bonds. The first-order valence-corrected chi connectivity index (χ1v) is 6.75. The third-order valence-corrected chi connectivity index (χ3v) is 2.72. The topological polar surface area (TPSA) is 64.3 Å². The molecule has 106 valence electrons. The number of carbonyl (C=O) groups excluding carboxylic acids is 1. The number of primary amides is 1. The highest BCUT2D eigenvalue weighted by Gasteiger charge is 2.08. The average Bonchev–Trinajstić information content (AvgIpc) is 2.29. The fraction of sp³-hybridized carbons (Fsp3) is 0.533. The second-order valence-electron chi connectivity index (χ2n) is 5.24.